The second kappa shape index (κ2) is 5.82. The molecular weight excluding hydrogens is 305 g/mol. The van der Waals surface area contributed by atoms with Gasteiger partial charge in [-0.3, -0.25) is 9.69 Å². The van der Waals surface area contributed by atoms with Gasteiger partial charge in [-0.1, -0.05) is 12.1 Å². The Balaban J connectivity index is 1.69. The molecular formula is C17H21F3N2O. The van der Waals surface area contributed by atoms with Gasteiger partial charge in [-0.05, 0) is 63.4 Å². The van der Waals surface area contributed by atoms with E-state index < -0.39 is 11.7 Å². The van der Waals surface area contributed by atoms with Crippen molar-refractivity contribution in [2.45, 2.75) is 50.4 Å². The summed E-state index contributed by atoms with van der Waals surface area (Å²) >= 11 is 0. The first kappa shape index (κ1) is 16.3. The predicted octanol–water partition coefficient (Wildman–Crippen LogP) is 3.51. The molecule has 2 fully saturated rings. The number of hydrogen-bond donors (Lipinski definition) is 1. The highest BCUT2D eigenvalue weighted by Gasteiger charge is 2.50. The van der Waals surface area contributed by atoms with Crippen LogP contribution < -0.4 is 5.32 Å². The standard InChI is InChI=1S/C17H21F3N2O/c1-12(13-4-6-14(7-5-13)17(18,19)20)21-15(23)16-8-2-10-22(16)11-3-9-16/h4-7,12H,2-3,8-11H2,1H3,(H,21,23)/t12-/m1/s1. The molecule has 0 aliphatic carbocycles. The molecule has 1 aromatic rings. The maximum atomic E-state index is 12.7. The molecule has 6 heteroatoms. The van der Waals surface area contributed by atoms with Gasteiger partial charge in [-0.25, -0.2) is 0 Å². The van der Waals surface area contributed by atoms with Crippen LogP contribution in [0.2, 0.25) is 0 Å². The SMILES string of the molecule is C[C@@H](NC(=O)C12CCCN1CCC2)c1ccc(C(F)(F)F)cc1. The quantitative estimate of drug-likeness (QED) is 0.922. The molecule has 1 N–H and O–H groups in total. The molecule has 3 nitrogen and oxygen atoms in total. The molecule has 2 saturated heterocycles. The molecule has 1 aromatic carbocycles. The van der Waals surface area contributed by atoms with Gasteiger partial charge in [-0.2, -0.15) is 13.2 Å². The van der Waals surface area contributed by atoms with Crippen molar-refractivity contribution in [1.29, 1.82) is 0 Å². The lowest BCUT2D eigenvalue weighted by Crippen LogP contribution is -2.52. The third-order valence-electron chi connectivity index (χ3n) is 5.15. The molecule has 126 valence electrons. The molecule has 2 aliphatic rings. The number of amides is 1. The smallest absolute Gasteiger partial charge is 0.348 e. The molecule has 0 spiro atoms. The largest absolute Gasteiger partial charge is 0.416 e. The zero-order valence-electron chi connectivity index (χ0n) is 13.1. The fourth-order valence-corrected chi connectivity index (χ4v) is 3.85. The number of benzene rings is 1. The molecule has 0 aromatic heterocycles. The lowest BCUT2D eigenvalue weighted by Gasteiger charge is -2.32. The number of hydrogen-bond acceptors (Lipinski definition) is 2. The Morgan fingerprint density at radius 1 is 1.17 bits per heavy atom. The molecule has 0 saturated carbocycles. The van der Waals surface area contributed by atoms with Crippen LogP contribution in [-0.4, -0.2) is 29.4 Å². The highest BCUT2D eigenvalue weighted by molar-refractivity contribution is 5.87. The highest BCUT2D eigenvalue weighted by Crippen LogP contribution is 2.39. The number of nitrogens with zero attached hydrogens (tertiary/aromatic N) is 1. The van der Waals surface area contributed by atoms with E-state index in [1.165, 1.54) is 12.1 Å². The molecule has 3 rings (SSSR count). The van der Waals surface area contributed by atoms with Crippen LogP contribution in [0.4, 0.5) is 13.2 Å². The lowest BCUT2D eigenvalue weighted by atomic mass is 9.92. The number of carbonyl (C=O) groups excluding carboxylic acids is 1. The lowest BCUT2D eigenvalue weighted by molar-refractivity contribution is -0.137. The van der Waals surface area contributed by atoms with Crippen LogP contribution in [0.15, 0.2) is 24.3 Å². The van der Waals surface area contributed by atoms with Crippen LogP contribution in [-0.2, 0) is 11.0 Å². The summed E-state index contributed by atoms with van der Waals surface area (Å²) < 4.78 is 37.8. The Kier molecular flexibility index (Phi) is 4.12. The second-order valence-corrected chi connectivity index (χ2v) is 6.54. The number of fused-ring (bicyclic) bond motifs is 1. The molecule has 23 heavy (non-hydrogen) atoms. The Morgan fingerprint density at radius 2 is 1.74 bits per heavy atom. The van der Waals surface area contributed by atoms with Gasteiger partial charge < -0.3 is 5.32 Å². The first-order valence-corrected chi connectivity index (χ1v) is 8.06. The minimum atomic E-state index is -4.34. The Hall–Kier alpha value is -1.56. The van der Waals surface area contributed by atoms with Gasteiger partial charge in [0.2, 0.25) is 5.91 Å². The van der Waals surface area contributed by atoms with E-state index in [-0.39, 0.29) is 17.5 Å². The van der Waals surface area contributed by atoms with Crippen molar-refractivity contribution in [2.24, 2.45) is 0 Å². The first-order chi connectivity index (χ1) is 10.8. The summed E-state index contributed by atoms with van der Waals surface area (Å²) in [4.78, 5) is 15.0. The van der Waals surface area contributed by atoms with E-state index in [4.69, 9.17) is 0 Å². The number of alkyl halides is 3. The first-order valence-electron chi connectivity index (χ1n) is 8.06. The van der Waals surface area contributed by atoms with E-state index in [9.17, 15) is 18.0 Å². The zero-order valence-corrected chi connectivity index (χ0v) is 13.1. The fraction of sp³-hybridized carbons (Fsp3) is 0.588. The zero-order chi connectivity index (χ0) is 16.7. The minimum Gasteiger partial charge on any atom is -0.348 e. The van der Waals surface area contributed by atoms with Crippen LogP contribution in [0.25, 0.3) is 0 Å². The van der Waals surface area contributed by atoms with E-state index in [0.717, 1.165) is 50.9 Å². The van der Waals surface area contributed by atoms with Gasteiger partial charge in [0, 0.05) is 0 Å². The molecule has 2 heterocycles. The molecule has 1 atom stereocenters. The van der Waals surface area contributed by atoms with E-state index in [1.807, 2.05) is 6.92 Å². The number of halogens is 3. The van der Waals surface area contributed by atoms with Gasteiger partial charge in [0.05, 0.1) is 11.6 Å². The van der Waals surface area contributed by atoms with E-state index in [1.54, 1.807) is 0 Å². The summed E-state index contributed by atoms with van der Waals surface area (Å²) in [7, 11) is 0. The summed E-state index contributed by atoms with van der Waals surface area (Å²) in [6, 6.07) is 4.70. The van der Waals surface area contributed by atoms with Crippen LogP contribution in [0.3, 0.4) is 0 Å². The minimum absolute atomic E-state index is 0.0138. The summed E-state index contributed by atoms with van der Waals surface area (Å²) in [5.74, 6) is 0.0138. The molecule has 0 unspecified atom stereocenters. The number of rotatable bonds is 3. The number of nitrogens with one attached hydrogen (secondary N) is 1. The van der Waals surface area contributed by atoms with Crippen molar-refractivity contribution in [3.63, 3.8) is 0 Å². The van der Waals surface area contributed by atoms with Crippen LogP contribution in [0.5, 0.6) is 0 Å². The van der Waals surface area contributed by atoms with Crippen molar-refractivity contribution in [2.75, 3.05) is 13.1 Å². The Labute approximate surface area is 133 Å². The van der Waals surface area contributed by atoms with Crippen molar-refractivity contribution >= 4 is 5.91 Å². The topological polar surface area (TPSA) is 32.3 Å². The molecule has 0 bridgehead atoms. The fourth-order valence-electron chi connectivity index (χ4n) is 3.85. The van der Waals surface area contributed by atoms with E-state index in [0.29, 0.717) is 5.56 Å². The van der Waals surface area contributed by atoms with Crippen molar-refractivity contribution in [3.05, 3.63) is 35.4 Å². The highest BCUT2D eigenvalue weighted by atomic mass is 19.4. The second-order valence-electron chi connectivity index (χ2n) is 6.54. The van der Waals surface area contributed by atoms with E-state index in [2.05, 4.69) is 10.2 Å². The van der Waals surface area contributed by atoms with Crippen LogP contribution in [0, 0.1) is 0 Å². The third-order valence-corrected chi connectivity index (χ3v) is 5.15. The summed E-state index contributed by atoms with van der Waals surface area (Å²) in [5, 5.41) is 3.00. The summed E-state index contributed by atoms with van der Waals surface area (Å²) in [6.45, 7) is 3.73. The average Bonchev–Trinajstić information content (AvgIpc) is 3.06. The van der Waals surface area contributed by atoms with Gasteiger partial charge in [0.15, 0.2) is 0 Å². The third kappa shape index (κ3) is 2.96. The van der Waals surface area contributed by atoms with Crippen molar-refractivity contribution < 1.29 is 18.0 Å². The van der Waals surface area contributed by atoms with Crippen molar-refractivity contribution in [1.82, 2.24) is 10.2 Å². The summed E-state index contributed by atoms with van der Waals surface area (Å²) in [5.41, 5.74) is -0.374. The maximum Gasteiger partial charge on any atom is 0.416 e. The monoisotopic (exact) mass is 326 g/mol. The maximum absolute atomic E-state index is 12.7. The molecule has 1 amide bonds. The van der Waals surface area contributed by atoms with Gasteiger partial charge in [-0.15, -0.1) is 0 Å². The van der Waals surface area contributed by atoms with Crippen molar-refractivity contribution in [3.8, 4) is 0 Å². The van der Waals surface area contributed by atoms with E-state index >= 15 is 0 Å². The molecule has 2 aliphatic heterocycles. The van der Waals surface area contributed by atoms with Gasteiger partial charge >= 0.3 is 6.18 Å². The van der Waals surface area contributed by atoms with Gasteiger partial charge in [0.25, 0.3) is 0 Å². The number of carbonyl (C=O) groups is 1. The normalized spacial score (nSPS) is 21.9. The predicted molar refractivity (Wildman–Crippen MR) is 80.8 cm³/mol. The average molecular weight is 326 g/mol. The Morgan fingerprint density at radius 3 is 2.26 bits per heavy atom. The van der Waals surface area contributed by atoms with Crippen LogP contribution >= 0.6 is 0 Å². The Bertz CT molecular complexity index is 572. The molecule has 0 radical (unpaired) electrons. The summed E-state index contributed by atoms with van der Waals surface area (Å²) in [6.07, 6.45) is -0.528. The van der Waals surface area contributed by atoms with Crippen LogP contribution in [0.1, 0.15) is 49.8 Å². The van der Waals surface area contributed by atoms with Gasteiger partial charge in [0.1, 0.15) is 5.54 Å².